The maximum atomic E-state index is 10.8. The lowest BCUT2D eigenvalue weighted by Gasteiger charge is -2.10. The molecule has 2 aromatic rings. The Morgan fingerprint density at radius 1 is 1.24 bits per heavy atom. The highest BCUT2D eigenvalue weighted by Gasteiger charge is 2.05. The third-order valence-corrected chi connectivity index (χ3v) is 3.57. The maximum Gasteiger partial charge on any atom is 0.340 e. The zero-order valence-corrected chi connectivity index (χ0v) is 12.7. The van der Waals surface area contributed by atoms with Gasteiger partial charge in [0.1, 0.15) is 11.6 Å². The molecule has 8 heteroatoms. The first-order valence-corrected chi connectivity index (χ1v) is 7.44. The van der Waals surface area contributed by atoms with Crippen LogP contribution in [0.2, 0.25) is 0 Å². The number of ether oxygens (including phenoxy) is 3. The van der Waals surface area contributed by atoms with Crippen LogP contribution in [0.25, 0.3) is 0 Å². The van der Waals surface area contributed by atoms with Gasteiger partial charge in [0.05, 0.1) is 26.6 Å². The van der Waals surface area contributed by atoms with Gasteiger partial charge in [-0.1, -0.05) is 0 Å². The molecular weight excluding hydrogens is 294 g/mol. The van der Waals surface area contributed by atoms with Crippen LogP contribution in [-0.2, 0) is 5.75 Å². The van der Waals surface area contributed by atoms with E-state index in [0.29, 0.717) is 29.7 Å². The number of nitrogens with zero attached hydrogens (tertiary/aromatic N) is 1. The van der Waals surface area contributed by atoms with Gasteiger partial charge in [-0.2, -0.15) is 16.9 Å². The second kappa shape index (κ2) is 7.63. The second-order valence-corrected chi connectivity index (χ2v) is 5.15. The van der Waals surface area contributed by atoms with E-state index in [-0.39, 0.29) is 5.69 Å². The zero-order chi connectivity index (χ0) is 15.1. The number of rotatable bonds is 8. The van der Waals surface area contributed by atoms with Crippen molar-refractivity contribution >= 4 is 11.8 Å². The highest BCUT2D eigenvalue weighted by Crippen LogP contribution is 2.30. The molecule has 0 spiro atoms. The van der Waals surface area contributed by atoms with E-state index < -0.39 is 0 Å². The van der Waals surface area contributed by atoms with Crippen molar-refractivity contribution in [2.75, 3.05) is 26.6 Å². The molecule has 21 heavy (non-hydrogen) atoms. The SMILES string of the molecule is COc1ccc(OCCSCc2n[nH]c(=O)[nH]2)cc1OC. The van der Waals surface area contributed by atoms with Crippen molar-refractivity contribution in [2.24, 2.45) is 0 Å². The topological polar surface area (TPSA) is 89.2 Å². The van der Waals surface area contributed by atoms with E-state index in [4.69, 9.17) is 14.2 Å². The van der Waals surface area contributed by atoms with Crippen LogP contribution in [0, 0.1) is 0 Å². The highest BCUT2D eigenvalue weighted by molar-refractivity contribution is 7.98. The molecule has 1 aromatic carbocycles. The molecule has 0 aliphatic rings. The van der Waals surface area contributed by atoms with Crippen molar-refractivity contribution in [2.45, 2.75) is 5.75 Å². The van der Waals surface area contributed by atoms with Crippen molar-refractivity contribution in [1.82, 2.24) is 15.2 Å². The van der Waals surface area contributed by atoms with Gasteiger partial charge in [-0.3, -0.25) is 4.98 Å². The van der Waals surface area contributed by atoms with Crippen LogP contribution in [0.1, 0.15) is 5.82 Å². The lowest BCUT2D eigenvalue weighted by Crippen LogP contribution is -2.02. The van der Waals surface area contributed by atoms with Crippen LogP contribution < -0.4 is 19.9 Å². The molecule has 0 amide bonds. The minimum absolute atomic E-state index is 0.285. The largest absolute Gasteiger partial charge is 0.493 e. The van der Waals surface area contributed by atoms with Gasteiger partial charge >= 0.3 is 5.69 Å². The van der Waals surface area contributed by atoms with E-state index >= 15 is 0 Å². The van der Waals surface area contributed by atoms with Gasteiger partial charge in [0, 0.05) is 11.8 Å². The highest BCUT2D eigenvalue weighted by atomic mass is 32.2. The molecule has 0 saturated carbocycles. The van der Waals surface area contributed by atoms with E-state index in [0.717, 1.165) is 11.5 Å². The second-order valence-electron chi connectivity index (χ2n) is 4.04. The first-order valence-electron chi connectivity index (χ1n) is 6.29. The number of H-pyrrole nitrogens is 2. The van der Waals surface area contributed by atoms with E-state index in [9.17, 15) is 4.79 Å². The molecule has 1 heterocycles. The maximum absolute atomic E-state index is 10.8. The summed E-state index contributed by atoms with van der Waals surface area (Å²) >= 11 is 1.62. The Kier molecular flexibility index (Phi) is 5.56. The Labute approximate surface area is 126 Å². The molecule has 7 nitrogen and oxygen atoms in total. The van der Waals surface area contributed by atoms with Crippen molar-refractivity contribution in [3.63, 3.8) is 0 Å². The van der Waals surface area contributed by atoms with E-state index in [2.05, 4.69) is 15.2 Å². The standard InChI is InChI=1S/C13H17N3O4S/c1-18-10-4-3-9(7-11(10)19-2)20-5-6-21-8-12-14-13(17)16-15-12/h3-4,7H,5-6,8H2,1-2H3,(H2,14,15,16,17). The zero-order valence-electron chi connectivity index (χ0n) is 11.8. The summed E-state index contributed by atoms with van der Waals surface area (Å²) in [6.07, 6.45) is 0. The smallest absolute Gasteiger partial charge is 0.340 e. The fourth-order valence-electron chi connectivity index (χ4n) is 1.67. The number of hydrogen-bond donors (Lipinski definition) is 2. The fraction of sp³-hybridized carbons (Fsp3) is 0.385. The predicted molar refractivity (Wildman–Crippen MR) is 80.4 cm³/mol. The summed E-state index contributed by atoms with van der Waals surface area (Å²) in [5.74, 6) is 4.08. The first kappa shape index (κ1) is 15.3. The van der Waals surface area contributed by atoms with Crippen LogP contribution in [0.3, 0.4) is 0 Å². The molecule has 2 N–H and O–H groups in total. The van der Waals surface area contributed by atoms with E-state index in [1.54, 1.807) is 38.1 Å². The van der Waals surface area contributed by atoms with E-state index in [1.165, 1.54) is 0 Å². The third kappa shape index (κ3) is 4.45. The summed E-state index contributed by atoms with van der Waals surface area (Å²) in [7, 11) is 3.18. The van der Waals surface area contributed by atoms with Gasteiger partial charge < -0.3 is 14.2 Å². The summed E-state index contributed by atoms with van der Waals surface area (Å²) in [4.78, 5) is 13.4. The number of benzene rings is 1. The Bertz CT molecular complexity index is 626. The van der Waals surface area contributed by atoms with Crippen molar-refractivity contribution in [1.29, 1.82) is 0 Å². The predicted octanol–water partition coefficient (Wildman–Crippen LogP) is 1.43. The number of hydrogen-bond acceptors (Lipinski definition) is 6. The number of methoxy groups -OCH3 is 2. The Morgan fingerprint density at radius 3 is 2.71 bits per heavy atom. The lowest BCUT2D eigenvalue weighted by molar-refractivity contribution is 0.330. The molecule has 0 aliphatic carbocycles. The molecule has 0 radical (unpaired) electrons. The van der Waals surface area contributed by atoms with Crippen LogP contribution in [-0.4, -0.2) is 41.8 Å². The van der Waals surface area contributed by atoms with Crippen LogP contribution in [0.4, 0.5) is 0 Å². The number of aromatic amines is 2. The van der Waals surface area contributed by atoms with Crippen LogP contribution in [0.5, 0.6) is 17.2 Å². The molecule has 0 atom stereocenters. The number of nitrogens with one attached hydrogen (secondary N) is 2. The summed E-state index contributed by atoms with van der Waals surface area (Å²) < 4.78 is 16.0. The number of thioether (sulfide) groups is 1. The van der Waals surface area contributed by atoms with Crippen LogP contribution >= 0.6 is 11.8 Å². The van der Waals surface area contributed by atoms with E-state index in [1.807, 2.05) is 6.07 Å². The molecular formula is C13H17N3O4S. The fourth-order valence-corrected chi connectivity index (χ4v) is 2.34. The molecule has 0 bridgehead atoms. The Morgan fingerprint density at radius 2 is 2.05 bits per heavy atom. The minimum Gasteiger partial charge on any atom is -0.493 e. The summed E-state index contributed by atoms with van der Waals surface area (Å²) in [5.41, 5.74) is -0.285. The molecule has 1 aromatic heterocycles. The van der Waals surface area contributed by atoms with Crippen molar-refractivity contribution in [3.8, 4) is 17.2 Å². The monoisotopic (exact) mass is 311 g/mol. The third-order valence-electron chi connectivity index (χ3n) is 2.64. The van der Waals surface area contributed by atoms with Gasteiger partial charge in [-0.15, -0.1) is 0 Å². The van der Waals surface area contributed by atoms with Gasteiger partial charge in [0.25, 0.3) is 0 Å². The molecule has 0 unspecified atom stereocenters. The molecule has 114 valence electrons. The van der Waals surface area contributed by atoms with Gasteiger partial charge in [-0.25, -0.2) is 9.89 Å². The Hall–Kier alpha value is -2.09. The average Bonchev–Trinajstić information content (AvgIpc) is 2.92. The van der Waals surface area contributed by atoms with Crippen molar-refractivity contribution < 1.29 is 14.2 Å². The van der Waals surface area contributed by atoms with Gasteiger partial charge in [0.2, 0.25) is 0 Å². The normalized spacial score (nSPS) is 10.4. The summed E-state index contributed by atoms with van der Waals surface area (Å²) in [6, 6.07) is 5.42. The molecule has 2 rings (SSSR count). The minimum atomic E-state index is -0.285. The quantitative estimate of drug-likeness (QED) is 0.717. The molecule has 0 fully saturated rings. The number of aromatic nitrogens is 3. The van der Waals surface area contributed by atoms with Gasteiger partial charge in [-0.05, 0) is 12.1 Å². The first-order chi connectivity index (χ1) is 10.2. The molecule has 0 aliphatic heterocycles. The summed E-state index contributed by atoms with van der Waals surface area (Å²) in [5, 5.41) is 6.16. The van der Waals surface area contributed by atoms with Gasteiger partial charge in [0.15, 0.2) is 11.5 Å². The molecule has 0 saturated heterocycles. The lowest BCUT2D eigenvalue weighted by atomic mass is 10.3. The van der Waals surface area contributed by atoms with Crippen LogP contribution in [0.15, 0.2) is 23.0 Å². The summed E-state index contributed by atoms with van der Waals surface area (Å²) in [6.45, 7) is 0.550. The Balaban J connectivity index is 1.74. The average molecular weight is 311 g/mol. The van der Waals surface area contributed by atoms with Crippen molar-refractivity contribution in [3.05, 3.63) is 34.5 Å².